The van der Waals surface area contributed by atoms with E-state index in [1.165, 1.54) is 0 Å². The summed E-state index contributed by atoms with van der Waals surface area (Å²) in [7, 11) is 0.250. The highest BCUT2D eigenvalue weighted by molar-refractivity contribution is 14.0. The van der Waals surface area contributed by atoms with E-state index in [9.17, 15) is 8.42 Å². The van der Waals surface area contributed by atoms with Crippen LogP contribution < -0.4 is 10.1 Å². The number of benzene rings is 1. The van der Waals surface area contributed by atoms with Gasteiger partial charge < -0.3 is 15.0 Å². The van der Waals surface area contributed by atoms with Crippen molar-refractivity contribution in [3.05, 3.63) is 28.8 Å². The zero-order valence-corrected chi connectivity index (χ0v) is 19.5. The molecule has 0 aliphatic carbocycles. The third-order valence-electron chi connectivity index (χ3n) is 4.49. The number of aliphatic imine (C=N–C) groups is 1. The number of halogens is 2. The van der Waals surface area contributed by atoms with E-state index in [2.05, 4.69) is 10.3 Å². The van der Waals surface area contributed by atoms with Crippen molar-refractivity contribution in [1.29, 1.82) is 0 Å². The molecule has 0 atom stereocenters. The van der Waals surface area contributed by atoms with Gasteiger partial charge in [-0.1, -0.05) is 17.7 Å². The summed E-state index contributed by atoms with van der Waals surface area (Å²) >= 11 is 6.26. The van der Waals surface area contributed by atoms with Crippen LogP contribution in [0.3, 0.4) is 0 Å². The van der Waals surface area contributed by atoms with Crippen LogP contribution in [-0.2, 0) is 16.3 Å². The number of methoxy groups -OCH3 is 1. The molecule has 2 rings (SSSR count). The van der Waals surface area contributed by atoms with E-state index in [0.717, 1.165) is 17.7 Å². The van der Waals surface area contributed by atoms with Gasteiger partial charge in [-0.3, -0.25) is 4.99 Å². The van der Waals surface area contributed by atoms with E-state index in [0.29, 0.717) is 30.6 Å². The molecule has 26 heavy (non-hydrogen) atoms. The standard InChI is InChI=1S/C17H26ClN3O3S.HI/c1-17(2)12-21(9-10-25(17,22)23)16(19-3)20-8-7-13-5-6-14(24-4)11-15(13)18;/h5-6,11H,7-10,12H2,1-4H3,(H,19,20);1H. The van der Waals surface area contributed by atoms with Crippen molar-refractivity contribution < 1.29 is 13.2 Å². The lowest BCUT2D eigenvalue weighted by molar-refractivity contribution is 0.353. The molecule has 0 spiro atoms. The molecule has 0 amide bonds. The number of rotatable bonds is 4. The highest BCUT2D eigenvalue weighted by Gasteiger charge is 2.40. The molecular weight excluding hydrogens is 489 g/mol. The fraction of sp³-hybridized carbons (Fsp3) is 0.588. The van der Waals surface area contributed by atoms with Gasteiger partial charge in [-0.2, -0.15) is 0 Å². The van der Waals surface area contributed by atoms with Gasteiger partial charge in [-0.15, -0.1) is 24.0 Å². The van der Waals surface area contributed by atoms with Crippen LogP contribution in [0, 0.1) is 0 Å². The molecule has 0 aromatic heterocycles. The second-order valence-corrected chi connectivity index (χ2v) is 9.83. The first-order chi connectivity index (χ1) is 11.7. The van der Waals surface area contributed by atoms with Gasteiger partial charge in [-0.05, 0) is 38.0 Å². The fourth-order valence-corrected chi connectivity index (χ4v) is 4.45. The van der Waals surface area contributed by atoms with Crippen molar-refractivity contribution in [2.24, 2.45) is 4.99 Å². The van der Waals surface area contributed by atoms with Crippen molar-refractivity contribution in [2.75, 3.05) is 39.5 Å². The number of nitrogens with zero attached hydrogens (tertiary/aromatic N) is 2. The summed E-state index contributed by atoms with van der Waals surface area (Å²) in [6.45, 7) is 5.06. The Morgan fingerprint density at radius 1 is 1.42 bits per heavy atom. The zero-order valence-electron chi connectivity index (χ0n) is 15.6. The third kappa shape index (κ3) is 5.39. The zero-order chi connectivity index (χ0) is 18.7. The molecule has 1 fully saturated rings. The minimum Gasteiger partial charge on any atom is -0.497 e. The average Bonchev–Trinajstić information content (AvgIpc) is 2.55. The Bertz CT molecular complexity index is 754. The Labute approximate surface area is 178 Å². The van der Waals surface area contributed by atoms with E-state index >= 15 is 0 Å². The SMILES string of the molecule is CN=C(NCCc1ccc(OC)cc1Cl)N1CCS(=O)(=O)C(C)(C)C1.I. The van der Waals surface area contributed by atoms with E-state index < -0.39 is 14.6 Å². The van der Waals surface area contributed by atoms with Crippen LogP contribution in [0.2, 0.25) is 5.02 Å². The molecule has 9 heteroatoms. The van der Waals surface area contributed by atoms with Crippen molar-refractivity contribution in [3.8, 4) is 5.75 Å². The lowest BCUT2D eigenvalue weighted by Crippen LogP contribution is -2.57. The summed E-state index contributed by atoms with van der Waals surface area (Å²) in [6, 6.07) is 5.62. The Hall–Kier alpha value is -0.740. The largest absolute Gasteiger partial charge is 0.497 e. The minimum absolute atomic E-state index is 0. The number of ether oxygens (including phenoxy) is 1. The first kappa shape index (κ1) is 23.3. The molecule has 0 unspecified atom stereocenters. The van der Waals surface area contributed by atoms with E-state index in [-0.39, 0.29) is 29.7 Å². The van der Waals surface area contributed by atoms with Crippen LogP contribution in [-0.4, -0.2) is 63.6 Å². The topological polar surface area (TPSA) is 71.0 Å². The Balaban J connectivity index is 0.00000338. The molecular formula is C17H27ClIN3O3S. The maximum atomic E-state index is 12.1. The molecule has 1 aliphatic rings. The molecule has 0 bridgehead atoms. The summed E-state index contributed by atoms with van der Waals surface area (Å²) in [5.74, 6) is 1.59. The summed E-state index contributed by atoms with van der Waals surface area (Å²) in [5.41, 5.74) is 1.02. The lowest BCUT2D eigenvalue weighted by Gasteiger charge is -2.39. The first-order valence-corrected chi connectivity index (χ1v) is 10.2. The van der Waals surface area contributed by atoms with Crippen molar-refractivity contribution >= 4 is 51.4 Å². The Kier molecular flexibility index (Phi) is 8.47. The van der Waals surface area contributed by atoms with E-state index in [1.807, 2.05) is 17.0 Å². The monoisotopic (exact) mass is 515 g/mol. The van der Waals surface area contributed by atoms with Gasteiger partial charge in [0.15, 0.2) is 15.8 Å². The van der Waals surface area contributed by atoms with Crippen LogP contribution in [0.5, 0.6) is 5.75 Å². The van der Waals surface area contributed by atoms with Crippen molar-refractivity contribution in [3.63, 3.8) is 0 Å². The molecule has 6 nitrogen and oxygen atoms in total. The second kappa shape index (κ2) is 9.45. The first-order valence-electron chi connectivity index (χ1n) is 8.20. The number of guanidine groups is 1. The molecule has 0 saturated carbocycles. The molecule has 1 saturated heterocycles. The lowest BCUT2D eigenvalue weighted by atomic mass is 10.1. The van der Waals surface area contributed by atoms with Gasteiger partial charge in [0.05, 0.1) is 17.6 Å². The van der Waals surface area contributed by atoms with Crippen LogP contribution in [0.15, 0.2) is 23.2 Å². The smallest absolute Gasteiger partial charge is 0.193 e. The van der Waals surface area contributed by atoms with E-state index in [1.54, 1.807) is 34.1 Å². The van der Waals surface area contributed by atoms with Gasteiger partial charge >= 0.3 is 0 Å². The number of hydrogen-bond donors (Lipinski definition) is 1. The molecule has 0 radical (unpaired) electrons. The van der Waals surface area contributed by atoms with Gasteiger partial charge in [0.1, 0.15) is 5.75 Å². The Morgan fingerprint density at radius 3 is 2.65 bits per heavy atom. The third-order valence-corrected chi connectivity index (χ3v) is 7.38. The highest BCUT2D eigenvalue weighted by Crippen LogP contribution is 2.24. The van der Waals surface area contributed by atoms with Crippen molar-refractivity contribution in [2.45, 2.75) is 25.0 Å². The normalized spacial score (nSPS) is 18.8. The summed E-state index contributed by atoms with van der Waals surface area (Å²) in [6.07, 6.45) is 0.734. The van der Waals surface area contributed by atoms with Gasteiger partial charge in [0.2, 0.25) is 0 Å². The van der Waals surface area contributed by atoms with Gasteiger partial charge in [-0.25, -0.2) is 8.42 Å². The average molecular weight is 516 g/mol. The van der Waals surface area contributed by atoms with Crippen LogP contribution >= 0.6 is 35.6 Å². The molecule has 1 aromatic rings. The Morgan fingerprint density at radius 2 is 2.12 bits per heavy atom. The summed E-state index contributed by atoms with van der Waals surface area (Å²) < 4.78 is 28.6. The van der Waals surface area contributed by atoms with Crippen molar-refractivity contribution in [1.82, 2.24) is 10.2 Å². The van der Waals surface area contributed by atoms with Crippen LogP contribution in [0.25, 0.3) is 0 Å². The molecule has 148 valence electrons. The maximum Gasteiger partial charge on any atom is 0.193 e. The minimum atomic E-state index is -3.07. The predicted molar refractivity (Wildman–Crippen MR) is 118 cm³/mol. The molecule has 1 heterocycles. The van der Waals surface area contributed by atoms with Crippen LogP contribution in [0.1, 0.15) is 19.4 Å². The number of nitrogens with one attached hydrogen (secondary N) is 1. The molecule has 1 aliphatic heterocycles. The van der Waals surface area contributed by atoms with E-state index in [4.69, 9.17) is 16.3 Å². The number of sulfone groups is 1. The van der Waals surface area contributed by atoms with Crippen LogP contribution in [0.4, 0.5) is 0 Å². The number of hydrogen-bond acceptors (Lipinski definition) is 4. The fourth-order valence-electron chi connectivity index (χ4n) is 2.82. The summed E-state index contributed by atoms with van der Waals surface area (Å²) in [4.78, 5) is 6.29. The predicted octanol–water partition coefficient (Wildman–Crippen LogP) is 2.59. The van der Waals surface area contributed by atoms with Gasteiger partial charge in [0.25, 0.3) is 0 Å². The van der Waals surface area contributed by atoms with Gasteiger partial charge in [0, 0.05) is 31.7 Å². The summed E-state index contributed by atoms with van der Waals surface area (Å²) in [5, 5.41) is 3.97. The maximum absolute atomic E-state index is 12.1. The molecule has 1 N–H and O–H groups in total. The quantitative estimate of drug-likeness (QED) is 0.379. The molecule has 1 aromatic carbocycles. The highest BCUT2D eigenvalue weighted by atomic mass is 127. The second-order valence-electron chi connectivity index (χ2n) is 6.68.